The van der Waals surface area contributed by atoms with Gasteiger partial charge in [-0.05, 0) is 81.8 Å². The van der Waals surface area contributed by atoms with Crippen LogP contribution < -0.4 is 15.0 Å². The van der Waals surface area contributed by atoms with Crippen molar-refractivity contribution in [2.45, 2.75) is 69.3 Å². The van der Waals surface area contributed by atoms with Gasteiger partial charge >= 0.3 is 6.09 Å². The lowest BCUT2D eigenvalue weighted by molar-refractivity contribution is -0.394. The lowest BCUT2D eigenvalue weighted by atomic mass is 10.2. The standard InChI is InChI=1S/C29H30IN7O9S/c1-16(2)33(28(39)46-29(3,4)5)9-6-10-34-25-24(32-27(34)47-23-13-22-21(12-18(23)30)44-15-45-22)26(38)35(14-31-25)19-8-7-17(36(40)41)11-20(19)37(42)43/h7-8,11-14,16H,6,9-10,15H2,1-5H3. The minimum atomic E-state index is -0.800. The summed E-state index contributed by atoms with van der Waals surface area (Å²) in [5, 5.41) is 23.5. The Morgan fingerprint density at radius 1 is 1.15 bits per heavy atom. The van der Waals surface area contributed by atoms with E-state index in [0.717, 1.165) is 37.6 Å². The monoisotopic (exact) mass is 779 g/mol. The number of non-ortho nitro benzene ring substituents is 1. The highest BCUT2D eigenvalue weighted by Crippen LogP contribution is 2.41. The molecule has 1 aliphatic rings. The average Bonchev–Trinajstić information content (AvgIpc) is 3.58. The predicted molar refractivity (Wildman–Crippen MR) is 179 cm³/mol. The summed E-state index contributed by atoms with van der Waals surface area (Å²) in [6.45, 7) is 9.91. The van der Waals surface area contributed by atoms with E-state index >= 15 is 0 Å². The summed E-state index contributed by atoms with van der Waals surface area (Å²) in [6.07, 6.45) is 1.14. The van der Waals surface area contributed by atoms with Crippen LogP contribution in [0.4, 0.5) is 16.2 Å². The van der Waals surface area contributed by atoms with Crippen LogP contribution in [0.25, 0.3) is 16.9 Å². The molecule has 0 radical (unpaired) electrons. The largest absolute Gasteiger partial charge is 0.454 e. The molecule has 4 aromatic rings. The van der Waals surface area contributed by atoms with Crippen molar-refractivity contribution in [2.24, 2.45) is 0 Å². The molecule has 0 atom stereocenters. The highest BCUT2D eigenvalue weighted by atomic mass is 127. The first kappa shape index (κ1) is 33.9. The van der Waals surface area contributed by atoms with Crippen molar-refractivity contribution in [1.29, 1.82) is 0 Å². The molecule has 0 unspecified atom stereocenters. The zero-order valence-electron chi connectivity index (χ0n) is 26.0. The Balaban J connectivity index is 1.56. The third-order valence-corrected chi connectivity index (χ3v) is 9.22. The van der Waals surface area contributed by atoms with E-state index in [-0.39, 0.29) is 29.7 Å². The number of amides is 1. The highest BCUT2D eigenvalue weighted by molar-refractivity contribution is 14.1. The summed E-state index contributed by atoms with van der Waals surface area (Å²) >= 11 is 3.43. The second-order valence-electron chi connectivity index (χ2n) is 11.7. The van der Waals surface area contributed by atoms with Crippen molar-refractivity contribution in [3.63, 3.8) is 0 Å². The van der Waals surface area contributed by atoms with Crippen LogP contribution >= 0.6 is 34.4 Å². The number of carbonyl (C=O) groups is 1. The number of hydrogen-bond donors (Lipinski definition) is 0. The van der Waals surface area contributed by atoms with Crippen molar-refractivity contribution in [3.05, 3.63) is 70.8 Å². The lowest BCUT2D eigenvalue weighted by Crippen LogP contribution is -2.41. The Bertz CT molecular complexity index is 1950. The Kier molecular flexibility index (Phi) is 9.62. The number of fused-ring (bicyclic) bond motifs is 2. The summed E-state index contributed by atoms with van der Waals surface area (Å²) in [5.74, 6) is 1.17. The number of aryl methyl sites for hydroxylation is 1. The molecular formula is C29H30IN7O9S. The summed E-state index contributed by atoms with van der Waals surface area (Å²) in [6, 6.07) is 6.50. The van der Waals surface area contributed by atoms with Gasteiger partial charge < -0.3 is 23.7 Å². The molecule has 0 saturated heterocycles. The number of nitrogens with zero attached hydrogens (tertiary/aromatic N) is 7. The second-order valence-corrected chi connectivity index (χ2v) is 13.9. The van der Waals surface area contributed by atoms with Gasteiger partial charge in [0.05, 0.1) is 15.9 Å². The Hall–Kier alpha value is -4.46. The topological polar surface area (TPSA) is 187 Å². The first-order valence-corrected chi connectivity index (χ1v) is 16.2. The molecule has 16 nitrogen and oxygen atoms in total. The summed E-state index contributed by atoms with van der Waals surface area (Å²) in [4.78, 5) is 59.8. The Labute approximate surface area is 285 Å². The first-order chi connectivity index (χ1) is 22.1. The van der Waals surface area contributed by atoms with Gasteiger partial charge in [0.15, 0.2) is 27.8 Å². The molecule has 1 aliphatic heterocycles. The van der Waals surface area contributed by atoms with Gasteiger partial charge in [0.25, 0.3) is 16.9 Å². The minimum Gasteiger partial charge on any atom is -0.454 e. The van der Waals surface area contributed by atoms with Crippen LogP contribution in [0.1, 0.15) is 41.0 Å². The fraction of sp³-hybridized carbons (Fsp3) is 0.379. The van der Waals surface area contributed by atoms with Crippen molar-refractivity contribution >= 4 is 63.0 Å². The molecule has 0 bridgehead atoms. The zero-order chi connectivity index (χ0) is 34.2. The van der Waals surface area contributed by atoms with Crippen LogP contribution in [-0.2, 0) is 11.3 Å². The molecule has 0 saturated carbocycles. The number of nitro groups is 2. The number of benzene rings is 2. The molecule has 0 N–H and O–H groups in total. The maximum Gasteiger partial charge on any atom is 0.410 e. The van der Waals surface area contributed by atoms with Crippen LogP contribution in [0, 0.1) is 23.8 Å². The molecule has 2 aromatic carbocycles. The van der Waals surface area contributed by atoms with Crippen LogP contribution in [0.5, 0.6) is 11.5 Å². The number of nitro benzene ring substituents is 2. The van der Waals surface area contributed by atoms with Gasteiger partial charge in [-0.3, -0.25) is 29.6 Å². The SMILES string of the molecule is CC(C)N(CCCn1c(Sc2cc3c(cc2I)OCO3)nc2c(=O)n(-c3ccc([N+](=O)[O-])cc3[N+](=O)[O-])cnc21)C(=O)OC(C)(C)C. The van der Waals surface area contributed by atoms with Crippen LogP contribution in [0.15, 0.2) is 51.5 Å². The van der Waals surface area contributed by atoms with Gasteiger partial charge in [0.2, 0.25) is 6.79 Å². The first-order valence-electron chi connectivity index (χ1n) is 14.3. The molecule has 5 rings (SSSR count). The molecule has 18 heteroatoms. The van der Waals surface area contributed by atoms with Crippen LogP contribution in [0.2, 0.25) is 0 Å². The number of halogens is 1. The highest BCUT2D eigenvalue weighted by Gasteiger charge is 2.27. The molecule has 2 aromatic heterocycles. The summed E-state index contributed by atoms with van der Waals surface area (Å²) < 4.78 is 20.2. The second kappa shape index (κ2) is 13.3. The van der Waals surface area contributed by atoms with Gasteiger partial charge in [-0.1, -0.05) is 11.8 Å². The molecule has 1 amide bonds. The van der Waals surface area contributed by atoms with E-state index in [4.69, 9.17) is 14.2 Å². The summed E-state index contributed by atoms with van der Waals surface area (Å²) in [5.41, 5.74) is -2.54. The van der Waals surface area contributed by atoms with E-state index in [9.17, 15) is 29.8 Å². The fourth-order valence-corrected chi connectivity index (χ4v) is 6.47. The molecule has 47 heavy (non-hydrogen) atoms. The van der Waals surface area contributed by atoms with Gasteiger partial charge in [-0.25, -0.2) is 14.8 Å². The van der Waals surface area contributed by atoms with E-state index in [1.54, 1.807) is 30.2 Å². The van der Waals surface area contributed by atoms with E-state index in [1.807, 2.05) is 26.0 Å². The zero-order valence-corrected chi connectivity index (χ0v) is 28.9. The summed E-state index contributed by atoms with van der Waals surface area (Å²) in [7, 11) is 0. The van der Waals surface area contributed by atoms with Crippen molar-refractivity contribution in [3.8, 4) is 17.2 Å². The third kappa shape index (κ3) is 7.27. The van der Waals surface area contributed by atoms with Gasteiger partial charge in [0.1, 0.15) is 17.6 Å². The maximum absolute atomic E-state index is 13.8. The van der Waals surface area contributed by atoms with E-state index < -0.39 is 38.5 Å². The van der Waals surface area contributed by atoms with E-state index in [2.05, 4.69) is 32.6 Å². The molecule has 3 heterocycles. The number of aromatic nitrogens is 4. The van der Waals surface area contributed by atoms with Gasteiger partial charge in [0, 0.05) is 33.7 Å². The molecule has 0 aliphatic carbocycles. The van der Waals surface area contributed by atoms with Gasteiger partial charge in [-0.2, -0.15) is 0 Å². The average molecular weight is 780 g/mol. The molecule has 248 valence electrons. The van der Waals surface area contributed by atoms with Crippen molar-refractivity contribution < 1.29 is 28.9 Å². The predicted octanol–water partition coefficient (Wildman–Crippen LogP) is 5.92. The Morgan fingerprint density at radius 2 is 1.85 bits per heavy atom. The maximum atomic E-state index is 13.8. The minimum absolute atomic E-state index is 0.0636. The lowest BCUT2D eigenvalue weighted by Gasteiger charge is -2.30. The van der Waals surface area contributed by atoms with Crippen LogP contribution in [0.3, 0.4) is 0 Å². The number of carbonyl (C=O) groups excluding carboxylic acids is 1. The van der Waals surface area contributed by atoms with E-state index in [0.29, 0.717) is 36.2 Å². The smallest absolute Gasteiger partial charge is 0.410 e. The number of imidazole rings is 1. The van der Waals surface area contributed by atoms with Crippen molar-refractivity contribution in [2.75, 3.05) is 13.3 Å². The van der Waals surface area contributed by atoms with Crippen LogP contribution in [-0.4, -0.2) is 64.9 Å². The molecular weight excluding hydrogens is 749 g/mol. The van der Waals surface area contributed by atoms with Gasteiger partial charge in [-0.15, -0.1) is 0 Å². The number of ether oxygens (including phenoxy) is 3. The quantitative estimate of drug-likeness (QED) is 0.105. The number of hydrogen-bond acceptors (Lipinski definition) is 12. The third-order valence-electron chi connectivity index (χ3n) is 6.91. The number of rotatable bonds is 10. The van der Waals surface area contributed by atoms with E-state index in [1.165, 1.54) is 11.8 Å². The molecule has 0 fully saturated rings. The fourth-order valence-electron chi connectivity index (χ4n) is 4.76. The van der Waals surface area contributed by atoms with Crippen molar-refractivity contribution in [1.82, 2.24) is 24.0 Å². The normalized spacial score (nSPS) is 12.5. The Morgan fingerprint density at radius 3 is 2.49 bits per heavy atom. The molecule has 0 spiro atoms.